The molecule has 0 aromatic heterocycles. The zero-order valence-electron chi connectivity index (χ0n) is 10.6. The maximum atomic E-state index is 13.7. The Labute approximate surface area is 115 Å². The number of hydrogen-bond acceptors (Lipinski definition) is 3. The molecule has 1 amide bonds. The van der Waals surface area contributed by atoms with Gasteiger partial charge in [0.2, 0.25) is 5.91 Å². The van der Waals surface area contributed by atoms with Crippen molar-refractivity contribution >= 4 is 17.3 Å². The minimum absolute atomic E-state index is 0.119. The van der Waals surface area contributed by atoms with Crippen LogP contribution in [-0.2, 0) is 4.79 Å². The molecule has 0 saturated heterocycles. The maximum absolute atomic E-state index is 13.7. The third-order valence-electron chi connectivity index (χ3n) is 3.27. The summed E-state index contributed by atoms with van der Waals surface area (Å²) in [5.41, 5.74) is 6.73. The maximum Gasteiger partial charge on any atom is 0.235 e. The van der Waals surface area contributed by atoms with Crippen molar-refractivity contribution in [1.29, 1.82) is 0 Å². The number of nitrogens with one attached hydrogen (secondary N) is 1. The molecule has 3 rings (SSSR count). The van der Waals surface area contributed by atoms with Crippen molar-refractivity contribution in [2.24, 2.45) is 0 Å². The van der Waals surface area contributed by atoms with Crippen LogP contribution >= 0.6 is 0 Å². The van der Waals surface area contributed by atoms with Crippen LogP contribution in [0.25, 0.3) is 0 Å². The summed E-state index contributed by atoms with van der Waals surface area (Å²) in [5, 5.41) is 2.57. The Balaban J connectivity index is 1.81. The van der Waals surface area contributed by atoms with Gasteiger partial charge >= 0.3 is 0 Å². The van der Waals surface area contributed by atoms with E-state index >= 15 is 0 Å². The van der Waals surface area contributed by atoms with Crippen molar-refractivity contribution in [3.8, 4) is 5.75 Å². The summed E-state index contributed by atoms with van der Waals surface area (Å²) < 4.78 is 19.1. The van der Waals surface area contributed by atoms with Crippen molar-refractivity contribution in [1.82, 2.24) is 0 Å². The van der Waals surface area contributed by atoms with E-state index in [1.165, 1.54) is 18.2 Å². The van der Waals surface area contributed by atoms with E-state index in [-0.39, 0.29) is 18.2 Å². The van der Waals surface area contributed by atoms with Crippen molar-refractivity contribution < 1.29 is 13.9 Å². The van der Waals surface area contributed by atoms with Gasteiger partial charge in [-0.25, -0.2) is 4.39 Å². The number of nitrogen functional groups attached to an aromatic ring is 1. The molecule has 0 spiro atoms. The second-order valence-corrected chi connectivity index (χ2v) is 4.63. The fourth-order valence-electron chi connectivity index (χ4n) is 2.23. The molecule has 0 fully saturated rings. The lowest BCUT2D eigenvalue weighted by Gasteiger charge is -2.11. The van der Waals surface area contributed by atoms with Gasteiger partial charge in [-0.2, -0.15) is 0 Å². The Morgan fingerprint density at radius 2 is 2.10 bits per heavy atom. The van der Waals surface area contributed by atoms with Crippen LogP contribution in [0.2, 0.25) is 0 Å². The molecule has 2 aromatic rings. The van der Waals surface area contributed by atoms with Crippen molar-refractivity contribution in [3.63, 3.8) is 0 Å². The largest absolute Gasteiger partial charge is 0.492 e. The van der Waals surface area contributed by atoms with Crippen LogP contribution in [0, 0.1) is 5.82 Å². The number of fused-ring (bicyclic) bond motifs is 1. The van der Waals surface area contributed by atoms with E-state index < -0.39 is 11.7 Å². The zero-order chi connectivity index (χ0) is 14.1. The average molecular weight is 272 g/mol. The SMILES string of the molecule is Nc1ccc(NC(=O)C2COc3ccccc32)c(F)c1. The number of carbonyl (C=O) groups is 1. The average Bonchev–Trinajstić information content (AvgIpc) is 2.86. The monoisotopic (exact) mass is 272 g/mol. The van der Waals surface area contributed by atoms with E-state index in [1.807, 2.05) is 24.3 Å². The van der Waals surface area contributed by atoms with E-state index in [0.29, 0.717) is 11.4 Å². The second-order valence-electron chi connectivity index (χ2n) is 4.63. The smallest absolute Gasteiger partial charge is 0.235 e. The molecule has 0 radical (unpaired) electrons. The van der Waals surface area contributed by atoms with Crippen LogP contribution in [-0.4, -0.2) is 12.5 Å². The molecule has 5 heteroatoms. The first-order valence-corrected chi connectivity index (χ1v) is 6.23. The van der Waals surface area contributed by atoms with Gasteiger partial charge < -0.3 is 15.8 Å². The third-order valence-corrected chi connectivity index (χ3v) is 3.27. The van der Waals surface area contributed by atoms with Crippen LogP contribution in [0.15, 0.2) is 42.5 Å². The number of carbonyl (C=O) groups excluding carboxylic acids is 1. The Bertz CT molecular complexity index is 673. The predicted molar refractivity (Wildman–Crippen MR) is 74.1 cm³/mol. The standard InChI is InChI=1S/C15H13FN2O2/c16-12-7-9(17)5-6-13(12)18-15(19)11-8-20-14-4-2-1-3-10(11)14/h1-7,11H,8,17H2,(H,18,19). The number of nitrogens with two attached hydrogens (primary N) is 1. The van der Waals surface area contributed by atoms with Crippen LogP contribution in [0.5, 0.6) is 5.75 Å². The highest BCUT2D eigenvalue weighted by Crippen LogP contribution is 2.34. The molecule has 1 heterocycles. The van der Waals surface area contributed by atoms with Crippen LogP contribution < -0.4 is 15.8 Å². The highest BCUT2D eigenvalue weighted by molar-refractivity contribution is 5.97. The Hall–Kier alpha value is -2.56. The first kappa shape index (κ1) is 12.5. The van der Waals surface area contributed by atoms with E-state index in [1.54, 1.807) is 0 Å². The molecule has 0 aliphatic carbocycles. The molecule has 20 heavy (non-hydrogen) atoms. The van der Waals surface area contributed by atoms with E-state index in [0.717, 1.165) is 5.56 Å². The van der Waals surface area contributed by atoms with Gasteiger partial charge in [-0.05, 0) is 24.3 Å². The summed E-state index contributed by atoms with van der Waals surface area (Å²) >= 11 is 0. The normalized spacial score (nSPS) is 16.4. The molecular formula is C15H13FN2O2. The van der Waals surface area contributed by atoms with Crippen LogP contribution in [0.1, 0.15) is 11.5 Å². The van der Waals surface area contributed by atoms with Gasteiger partial charge in [-0.15, -0.1) is 0 Å². The van der Waals surface area contributed by atoms with Crippen LogP contribution in [0.3, 0.4) is 0 Å². The summed E-state index contributed by atoms with van der Waals surface area (Å²) in [4.78, 5) is 12.2. The lowest BCUT2D eigenvalue weighted by molar-refractivity contribution is -0.117. The highest BCUT2D eigenvalue weighted by Gasteiger charge is 2.30. The molecule has 102 valence electrons. The van der Waals surface area contributed by atoms with Gasteiger partial charge in [-0.1, -0.05) is 18.2 Å². The molecule has 1 atom stereocenters. The highest BCUT2D eigenvalue weighted by atomic mass is 19.1. The second kappa shape index (κ2) is 4.85. The van der Waals surface area contributed by atoms with Gasteiger partial charge in [0, 0.05) is 11.3 Å². The molecule has 0 bridgehead atoms. The van der Waals surface area contributed by atoms with Gasteiger partial charge in [0.15, 0.2) is 0 Å². The van der Waals surface area contributed by atoms with Crippen molar-refractivity contribution in [3.05, 3.63) is 53.8 Å². The molecule has 1 aliphatic heterocycles. The first-order valence-electron chi connectivity index (χ1n) is 6.23. The third kappa shape index (κ3) is 2.18. The number of halogens is 1. The number of para-hydroxylation sites is 1. The summed E-state index contributed by atoms with van der Waals surface area (Å²) in [6.45, 7) is 0.266. The fraction of sp³-hybridized carbons (Fsp3) is 0.133. The molecular weight excluding hydrogens is 259 g/mol. The summed E-state index contributed by atoms with van der Waals surface area (Å²) in [6.07, 6.45) is 0. The lowest BCUT2D eigenvalue weighted by atomic mass is 10.0. The van der Waals surface area contributed by atoms with Crippen molar-refractivity contribution in [2.75, 3.05) is 17.7 Å². The van der Waals surface area contributed by atoms with Crippen LogP contribution in [0.4, 0.5) is 15.8 Å². The minimum atomic E-state index is -0.550. The Morgan fingerprint density at radius 1 is 1.30 bits per heavy atom. The van der Waals surface area contributed by atoms with Gasteiger partial charge in [0.1, 0.15) is 24.1 Å². The van der Waals surface area contributed by atoms with E-state index in [9.17, 15) is 9.18 Å². The Kier molecular flexibility index (Phi) is 3.02. The molecule has 1 unspecified atom stereocenters. The predicted octanol–water partition coefficient (Wildman–Crippen LogP) is 2.52. The minimum Gasteiger partial charge on any atom is -0.492 e. The molecule has 3 N–H and O–H groups in total. The molecule has 0 saturated carbocycles. The number of anilines is 2. The number of ether oxygens (including phenoxy) is 1. The lowest BCUT2D eigenvalue weighted by Crippen LogP contribution is -2.22. The van der Waals surface area contributed by atoms with Gasteiger partial charge in [0.05, 0.1) is 5.69 Å². The molecule has 1 aliphatic rings. The van der Waals surface area contributed by atoms with Gasteiger partial charge in [0.25, 0.3) is 0 Å². The fourth-order valence-corrected chi connectivity index (χ4v) is 2.23. The number of rotatable bonds is 2. The zero-order valence-corrected chi connectivity index (χ0v) is 10.6. The quantitative estimate of drug-likeness (QED) is 0.826. The Morgan fingerprint density at radius 3 is 2.90 bits per heavy atom. The number of hydrogen-bond donors (Lipinski definition) is 2. The summed E-state index contributed by atoms with van der Waals surface area (Å²) in [6, 6.07) is 11.5. The van der Waals surface area contributed by atoms with E-state index in [2.05, 4.69) is 5.32 Å². The number of benzene rings is 2. The summed E-state index contributed by atoms with van der Waals surface area (Å²) in [7, 11) is 0. The molecule has 4 nitrogen and oxygen atoms in total. The summed E-state index contributed by atoms with van der Waals surface area (Å²) in [5.74, 6) is -0.572. The topological polar surface area (TPSA) is 64.3 Å². The number of amides is 1. The molecule has 2 aromatic carbocycles. The van der Waals surface area contributed by atoms with Crippen molar-refractivity contribution in [2.45, 2.75) is 5.92 Å². The first-order chi connectivity index (χ1) is 9.65. The van der Waals surface area contributed by atoms with Gasteiger partial charge in [-0.3, -0.25) is 4.79 Å². The van der Waals surface area contributed by atoms with E-state index in [4.69, 9.17) is 10.5 Å².